The van der Waals surface area contributed by atoms with E-state index in [4.69, 9.17) is 4.74 Å². The van der Waals surface area contributed by atoms with Gasteiger partial charge in [0.15, 0.2) is 0 Å². The van der Waals surface area contributed by atoms with Gasteiger partial charge < -0.3 is 14.2 Å². The molecule has 0 bridgehead atoms. The summed E-state index contributed by atoms with van der Waals surface area (Å²) in [5.74, 6) is -0.567. The second kappa shape index (κ2) is 7.66. The van der Waals surface area contributed by atoms with E-state index >= 15 is 0 Å². The first kappa shape index (κ1) is 19.3. The van der Waals surface area contributed by atoms with Crippen LogP contribution in [0.1, 0.15) is 37.0 Å². The first-order valence-electron chi connectivity index (χ1n) is 8.77. The van der Waals surface area contributed by atoms with E-state index in [-0.39, 0.29) is 12.3 Å². The van der Waals surface area contributed by atoms with E-state index in [1.54, 1.807) is 35.2 Å². The van der Waals surface area contributed by atoms with E-state index in [1.165, 1.54) is 11.4 Å². The molecule has 0 spiro atoms. The van der Waals surface area contributed by atoms with E-state index < -0.39 is 23.3 Å². The molecule has 0 saturated heterocycles. The highest BCUT2D eigenvalue weighted by atomic mass is 32.2. The second-order valence-corrected chi connectivity index (χ2v) is 7.09. The Hall–Kier alpha value is -2.45. The molecule has 2 aromatic carbocycles. The molecule has 0 N–H and O–H groups in total. The Labute approximate surface area is 160 Å². The summed E-state index contributed by atoms with van der Waals surface area (Å²) in [5.41, 5.74) is 1.78. The maximum atomic E-state index is 12.6. The van der Waals surface area contributed by atoms with Crippen molar-refractivity contribution in [3.63, 3.8) is 0 Å². The van der Waals surface area contributed by atoms with Crippen molar-refractivity contribution >= 4 is 45.3 Å². The highest BCUT2D eigenvalue weighted by Crippen LogP contribution is 2.42. The molecule has 2 atom stereocenters. The lowest BCUT2D eigenvalue weighted by Gasteiger charge is -2.34. The van der Waals surface area contributed by atoms with Gasteiger partial charge in [-0.25, -0.2) is 0 Å². The maximum Gasteiger partial charge on any atom is 0.307 e. The van der Waals surface area contributed by atoms with Crippen molar-refractivity contribution in [1.29, 1.82) is 0 Å². The number of methoxy groups -OCH3 is 1. The Morgan fingerprint density at radius 3 is 2.63 bits per heavy atom. The van der Waals surface area contributed by atoms with Gasteiger partial charge in [0.1, 0.15) is 0 Å². The fourth-order valence-electron chi connectivity index (χ4n) is 3.60. The molecule has 2 unspecified atom stereocenters. The molecule has 0 fully saturated rings. The van der Waals surface area contributed by atoms with Gasteiger partial charge in [-0.2, -0.15) is 0 Å². The molecule has 1 heterocycles. The van der Waals surface area contributed by atoms with Crippen molar-refractivity contribution in [3.8, 4) is 0 Å². The van der Waals surface area contributed by atoms with Crippen LogP contribution in [0.4, 0.5) is 11.4 Å². The lowest BCUT2D eigenvalue weighted by atomic mass is 10.0. The Kier molecular flexibility index (Phi) is 5.48. The van der Waals surface area contributed by atoms with Crippen LogP contribution in [0.25, 0.3) is 10.8 Å². The van der Waals surface area contributed by atoms with Gasteiger partial charge in [0.2, 0.25) is 0 Å². The quantitative estimate of drug-likeness (QED) is 0.536. The third kappa shape index (κ3) is 3.19. The summed E-state index contributed by atoms with van der Waals surface area (Å²) in [5, 5.41) is 1.41. The van der Waals surface area contributed by atoms with Crippen LogP contribution >= 0.6 is 0 Å². The summed E-state index contributed by atoms with van der Waals surface area (Å²) >= 11 is -2.59. The number of ether oxygens (including phenoxy) is 1. The van der Waals surface area contributed by atoms with Gasteiger partial charge in [-0.1, -0.05) is 19.1 Å². The van der Waals surface area contributed by atoms with Crippen molar-refractivity contribution in [1.82, 2.24) is 0 Å². The summed E-state index contributed by atoms with van der Waals surface area (Å²) in [6.07, 6.45) is 0.385. The Morgan fingerprint density at radius 2 is 2.04 bits per heavy atom. The zero-order valence-corrected chi connectivity index (χ0v) is 16.2. The topological polar surface area (TPSA) is 90.0 Å². The summed E-state index contributed by atoms with van der Waals surface area (Å²) in [6, 6.07) is 8.17. The van der Waals surface area contributed by atoms with Gasteiger partial charge in [-0.15, -0.1) is 0 Å². The minimum absolute atomic E-state index is 0.0517. The smallest absolute Gasteiger partial charge is 0.307 e. The van der Waals surface area contributed by atoms with Gasteiger partial charge in [-0.3, -0.25) is 18.1 Å². The molecule has 1 aliphatic rings. The number of nitrogens with zero attached hydrogens (tertiary/aromatic N) is 2. The van der Waals surface area contributed by atoms with Crippen LogP contribution in [-0.2, 0) is 20.8 Å². The predicted molar refractivity (Wildman–Crippen MR) is 103 cm³/mol. The van der Waals surface area contributed by atoms with E-state index in [0.717, 1.165) is 11.1 Å². The number of rotatable bonds is 7. The van der Waals surface area contributed by atoms with Crippen LogP contribution in [0, 0.1) is 0 Å². The standard InChI is InChI=1S/C19H22N2O5S/c1-4-12(11-17(22)26-3)21(27(24)25)15-9-10-16-18-13(15)7-6-8-14(18)19(23)20(16)5-2/h6-10,12H,4-5,11H2,1-3H3,(H,24,25)/p-1. The third-order valence-electron chi connectivity index (χ3n) is 4.91. The summed E-state index contributed by atoms with van der Waals surface area (Å²) in [4.78, 5) is 26.0. The molecular formula is C19H21N2O5S-. The zero-order chi connectivity index (χ0) is 19.7. The van der Waals surface area contributed by atoms with Gasteiger partial charge in [0.05, 0.1) is 30.9 Å². The minimum Gasteiger partial charge on any atom is -0.755 e. The molecule has 7 nitrogen and oxygen atoms in total. The van der Waals surface area contributed by atoms with Crippen LogP contribution in [0.3, 0.4) is 0 Å². The number of esters is 1. The molecule has 0 radical (unpaired) electrons. The highest BCUT2D eigenvalue weighted by molar-refractivity contribution is 7.80. The number of benzene rings is 2. The van der Waals surface area contributed by atoms with Gasteiger partial charge in [-0.05, 0) is 31.5 Å². The molecule has 144 valence electrons. The van der Waals surface area contributed by atoms with Crippen LogP contribution in [0.15, 0.2) is 30.3 Å². The van der Waals surface area contributed by atoms with Crippen LogP contribution in [0.5, 0.6) is 0 Å². The lowest BCUT2D eigenvalue weighted by Crippen LogP contribution is -2.38. The SMILES string of the molecule is CCC(CC(=O)OC)N(c1ccc2c3c(cccc13)C(=O)N2CC)S(=O)[O-]. The van der Waals surface area contributed by atoms with Crippen LogP contribution in [0.2, 0.25) is 0 Å². The number of hydrogen-bond acceptors (Lipinski definition) is 5. The molecular weight excluding hydrogens is 368 g/mol. The van der Waals surface area contributed by atoms with E-state index in [9.17, 15) is 18.4 Å². The first-order valence-corrected chi connectivity index (χ1v) is 9.80. The normalized spacial score (nSPS) is 15.1. The van der Waals surface area contributed by atoms with Gasteiger partial charge in [0, 0.05) is 34.1 Å². The van der Waals surface area contributed by atoms with Crippen LogP contribution in [-0.4, -0.2) is 40.3 Å². The number of carbonyl (C=O) groups excluding carboxylic acids is 2. The van der Waals surface area contributed by atoms with E-state index in [2.05, 4.69) is 0 Å². The molecule has 27 heavy (non-hydrogen) atoms. The molecule has 8 heteroatoms. The molecule has 0 saturated carbocycles. The van der Waals surface area contributed by atoms with Crippen molar-refractivity contribution in [3.05, 3.63) is 35.9 Å². The number of hydrogen-bond donors (Lipinski definition) is 0. The fraction of sp³-hybridized carbons (Fsp3) is 0.368. The number of anilines is 2. The third-order valence-corrected chi connectivity index (χ3v) is 5.73. The summed E-state index contributed by atoms with van der Waals surface area (Å²) in [7, 11) is 1.28. The molecule has 1 aliphatic heterocycles. The van der Waals surface area contributed by atoms with E-state index in [1.807, 2.05) is 13.8 Å². The summed E-state index contributed by atoms with van der Waals surface area (Å²) in [6.45, 7) is 4.24. The Bertz CT molecular complexity index is 930. The molecule has 2 aromatic rings. The van der Waals surface area contributed by atoms with Crippen molar-refractivity contribution in [2.75, 3.05) is 22.9 Å². The summed E-state index contributed by atoms with van der Waals surface area (Å²) < 4.78 is 30.1. The average molecular weight is 389 g/mol. The second-order valence-electron chi connectivity index (χ2n) is 6.27. The molecule has 1 amide bonds. The minimum atomic E-state index is -2.59. The van der Waals surface area contributed by atoms with Crippen molar-refractivity contribution in [2.45, 2.75) is 32.7 Å². The lowest BCUT2D eigenvalue weighted by molar-refractivity contribution is -0.140. The number of carbonyl (C=O) groups is 2. The Morgan fingerprint density at radius 1 is 1.30 bits per heavy atom. The van der Waals surface area contributed by atoms with E-state index in [0.29, 0.717) is 29.6 Å². The zero-order valence-electron chi connectivity index (χ0n) is 15.4. The average Bonchev–Trinajstić information content (AvgIpc) is 2.95. The fourth-order valence-corrected chi connectivity index (χ4v) is 4.39. The Balaban J connectivity index is 2.18. The van der Waals surface area contributed by atoms with Gasteiger partial charge >= 0.3 is 5.97 Å². The molecule has 0 aromatic heterocycles. The largest absolute Gasteiger partial charge is 0.755 e. The monoisotopic (exact) mass is 389 g/mol. The molecule has 3 rings (SSSR count). The predicted octanol–water partition coefficient (Wildman–Crippen LogP) is 2.76. The van der Waals surface area contributed by atoms with Gasteiger partial charge in [0.25, 0.3) is 5.91 Å². The molecule has 0 aliphatic carbocycles. The maximum absolute atomic E-state index is 12.6. The van der Waals surface area contributed by atoms with Crippen molar-refractivity contribution < 1.29 is 23.1 Å². The first-order chi connectivity index (χ1) is 12.9. The van der Waals surface area contributed by atoms with Crippen LogP contribution < -0.4 is 9.21 Å². The highest BCUT2D eigenvalue weighted by Gasteiger charge is 2.31. The number of amides is 1. The van der Waals surface area contributed by atoms with Crippen molar-refractivity contribution in [2.24, 2.45) is 0 Å².